The second kappa shape index (κ2) is 9.37. The SMILES string of the molecule is Cc1cccn2c(=O)c(/C=C(\C#N)C(=O)N3CCCCC3)c(Oc3ccc(Br)cc3)nc12. The lowest BCUT2D eigenvalue weighted by molar-refractivity contribution is -0.127. The van der Waals surface area contributed by atoms with E-state index in [1.807, 2.05) is 31.2 Å². The summed E-state index contributed by atoms with van der Waals surface area (Å²) in [6, 6.07) is 12.7. The first-order valence-electron chi connectivity index (χ1n) is 10.3. The van der Waals surface area contributed by atoms with Crippen molar-refractivity contribution in [3.63, 3.8) is 0 Å². The van der Waals surface area contributed by atoms with Crippen LogP contribution in [0.1, 0.15) is 30.4 Å². The molecule has 7 nitrogen and oxygen atoms in total. The second-order valence-corrected chi connectivity index (χ2v) is 8.51. The molecular formula is C24H21BrN4O3. The van der Waals surface area contributed by atoms with E-state index in [1.165, 1.54) is 10.5 Å². The van der Waals surface area contributed by atoms with Gasteiger partial charge in [0, 0.05) is 23.8 Å². The third kappa shape index (κ3) is 4.43. The van der Waals surface area contributed by atoms with E-state index >= 15 is 0 Å². The number of carbonyl (C=O) groups is 1. The Labute approximate surface area is 193 Å². The van der Waals surface area contributed by atoms with Crippen molar-refractivity contribution < 1.29 is 9.53 Å². The molecule has 0 atom stereocenters. The van der Waals surface area contributed by atoms with Gasteiger partial charge in [0.05, 0.1) is 0 Å². The number of hydrogen-bond donors (Lipinski definition) is 0. The first-order chi connectivity index (χ1) is 15.5. The van der Waals surface area contributed by atoms with E-state index in [9.17, 15) is 14.9 Å². The number of pyridine rings is 1. The maximum absolute atomic E-state index is 13.4. The number of nitrogens with zero attached hydrogens (tertiary/aromatic N) is 4. The zero-order valence-corrected chi connectivity index (χ0v) is 19.1. The van der Waals surface area contributed by atoms with Gasteiger partial charge in [0.25, 0.3) is 11.5 Å². The van der Waals surface area contributed by atoms with Gasteiger partial charge in [0.2, 0.25) is 5.88 Å². The molecule has 32 heavy (non-hydrogen) atoms. The topological polar surface area (TPSA) is 87.7 Å². The largest absolute Gasteiger partial charge is 0.438 e. The van der Waals surface area contributed by atoms with Crippen LogP contribution >= 0.6 is 15.9 Å². The number of rotatable bonds is 4. The molecule has 3 aromatic rings. The number of aryl methyl sites for hydroxylation is 1. The van der Waals surface area contributed by atoms with Crippen LogP contribution in [0.4, 0.5) is 0 Å². The van der Waals surface area contributed by atoms with Crippen LogP contribution in [-0.4, -0.2) is 33.3 Å². The minimum Gasteiger partial charge on any atom is -0.438 e. The van der Waals surface area contributed by atoms with E-state index in [2.05, 4.69) is 20.9 Å². The molecule has 0 saturated carbocycles. The van der Waals surface area contributed by atoms with Crippen molar-refractivity contribution in [3.8, 4) is 17.7 Å². The number of likely N-dealkylation sites (tertiary alicyclic amines) is 1. The molecule has 4 rings (SSSR count). The van der Waals surface area contributed by atoms with Crippen molar-refractivity contribution in [2.24, 2.45) is 0 Å². The molecule has 0 N–H and O–H groups in total. The minimum absolute atomic E-state index is 0.0471. The van der Waals surface area contributed by atoms with Crippen molar-refractivity contribution in [2.75, 3.05) is 13.1 Å². The number of fused-ring (bicyclic) bond motifs is 1. The van der Waals surface area contributed by atoms with E-state index in [0.717, 1.165) is 29.3 Å². The van der Waals surface area contributed by atoms with E-state index < -0.39 is 5.56 Å². The van der Waals surface area contributed by atoms with E-state index in [0.29, 0.717) is 24.5 Å². The molecule has 0 aliphatic carbocycles. The van der Waals surface area contributed by atoms with Gasteiger partial charge >= 0.3 is 0 Å². The summed E-state index contributed by atoms with van der Waals surface area (Å²) in [5, 5.41) is 9.71. The summed E-state index contributed by atoms with van der Waals surface area (Å²) < 4.78 is 8.23. The summed E-state index contributed by atoms with van der Waals surface area (Å²) in [4.78, 5) is 32.5. The summed E-state index contributed by atoms with van der Waals surface area (Å²) in [6.45, 7) is 3.06. The molecule has 1 aromatic carbocycles. The van der Waals surface area contributed by atoms with Crippen LogP contribution < -0.4 is 10.3 Å². The van der Waals surface area contributed by atoms with Gasteiger partial charge in [0.15, 0.2) is 0 Å². The predicted octanol–water partition coefficient (Wildman–Crippen LogP) is 4.48. The Morgan fingerprint density at radius 2 is 1.91 bits per heavy atom. The quantitative estimate of drug-likeness (QED) is 0.395. The number of piperidine rings is 1. The summed E-state index contributed by atoms with van der Waals surface area (Å²) in [7, 11) is 0. The van der Waals surface area contributed by atoms with Crippen LogP contribution in [-0.2, 0) is 4.79 Å². The minimum atomic E-state index is -0.412. The highest BCUT2D eigenvalue weighted by atomic mass is 79.9. The molecule has 1 saturated heterocycles. The molecule has 2 aromatic heterocycles. The van der Waals surface area contributed by atoms with Crippen LogP contribution in [0.2, 0.25) is 0 Å². The normalized spacial score (nSPS) is 14.3. The highest BCUT2D eigenvalue weighted by Crippen LogP contribution is 2.26. The molecule has 162 valence electrons. The fraction of sp³-hybridized carbons (Fsp3) is 0.250. The second-order valence-electron chi connectivity index (χ2n) is 7.60. The van der Waals surface area contributed by atoms with Crippen LogP contribution in [0.3, 0.4) is 0 Å². The monoisotopic (exact) mass is 492 g/mol. The third-order valence-corrected chi connectivity index (χ3v) is 5.89. The van der Waals surface area contributed by atoms with E-state index in [-0.39, 0.29) is 22.9 Å². The molecule has 0 spiro atoms. The maximum Gasteiger partial charge on any atom is 0.269 e. The van der Waals surface area contributed by atoms with Crippen LogP contribution in [0.25, 0.3) is 11.7 Å². The Morgan fingerprint density at radius 3 is 2.59 bits per heavy atom. The van der Waals surface area contributed by atoms with E-state index in [4.69, 9.17) is 4.74 Å². The van der Waals surface area contributed by atoms with Crippen molar-refractivity contribution in [2.45, 2.75) is 26.2 Å². The molecule has 1 aliphatic heterocycles. The smallest absolute Gasteiger partial charge is 0.269 e. The Hall–Kier alpha value is -3.44. The van der Waals surface area contributed by atoms with Crippen molar-refractivity contribution in [1.82, 2.24) is 14.3 Å². The van der Waals surface area contributed by atoms with Gasteiger partial charge in [0.1, 0.15) is 28.6 Å². The number of aromatic nitrogens is 2. The molecule has 0 bridgehead atoms. The number of amides is 1. The number of hydrogen-bond acceptors (Lipinski definition) is 5. The fourth-order valence-corrected chi connectivity index (χ4v) is 3.93. The Morgan fingerprint density at radius 1 is 1.19 bits per heavy atom. The van der Waals surface area contributed by atoms with Gasteiger partial charge in [-0.1, -0.05) is 22.0 Å². The van der Waals surface area contributed by atoms with Crippen LogP contribution in [0.5, 0.6) is 11.6 Å². The molecule has 3 heterocycles. The van der Waals surface area contributed by atoms with Gasteiger partial charge in [-0.2, -0.15) is 10.2 Å². The highest BCUT2D eigenvalue weighted by Gasteiger charge is 2.23. The Bertz CT molecular complexity index is 1300. The molecule has 0 radical (unpaired) electrons. The van der Waals surface area contributed by atoms with Gasteiger partial charge in [-0.15, -0.1) is 0 Å². The number of nitriles is 1. The molecular weight excluding hydrogens is 472 g/mol. The maximum atomic E-state index is 13.4. The van der Waals surface area contributed by atoms with E-state index in [1.54, 1.807) is 29.3 Å². The lowest BCUT2D eigenvalue weighted by Gasteiger charge is -2.26. The summed E-state index contributed by atoms with van der Waals surface area (Å²) >= 11 is 3.38. The van der Waals surface area contributed by atoms with Crippen molar-refractivity contribution in [3.05, 3.63) is 74.1 Å². The first-order valence-corrected chi connectivity index (χ1v) is 11.1. The average Bonchev–Trinajstić information content (AvgIpc) is 2.81. The standard InChI is InChI=1S/C24H21BrN4O3/c1-16-6-5-13-29-21(16)27-22(32-19-9-7-18(25)8-10-19)20(24(29)31)14-17(15-26)23(30)28-11-3-2-4-12-28/h5-10,13-14H,2-4,11-12H2,1H3/b17-14+. The summed E-state index contributed by atoms with van der Waals surface area (Å²) in [5.74, 6) is 0.148. The van der Waals surface area contributed by atoms with Gasteiger partial charge in [-0.05, 0) is 68.2 Å². The zero-order chi connectivity index (χ0) is 22.7. The number of benzene rings is 1. The lowest BCUT2D eigenvalue weighted by atomic mass is 10.1. The van der Waals surface area contributed by atoms with Crippen molar-refractivity contribution in [1.29, 1.82) is 5.26 Å². The van der Waals surface area contributed by atoms with Crippen molar-refractivity contribution >= 4 is 33.6 Å². The summed E-state index contributed by atoms with van der Waals surface area (Å²) in [5.41, 5.74) is 0.773. The molecule has 0 unspecified atom stereocenters. The molecule has 1 aliphatic rings. The average molecular weight is 493 g/mol. The number of halogens is 1. The molecule has 1 fully saturated rings. The Kier molecular flexibility index (Phi) is 6.37. The highest BCUT2D eigenvalue weighted by molar-refractivity contribution is 9.10. The van der Waals surface area contributed by atoms with Gasteiger partial charge in [-0.25, -0.2) is 0 Å². The fourth-order valence-electron chi connectivity index (χ4n) is 3.66. The predicted molar refractivity (Wildman–Crippen MR) is 124 cm³/mol. The van der Waals surface area contributed by atoms with Crippen LogP contribution in [0, 0.1) is 18.3 Å². The zero-order valence-electron chi connectivity index (χ0n) is 17.5. The Balaban J connectivity index is 1.85. The summed E-state index contributed by atoms with van der Waals surface area (Å²) in [6.07, 6.45) is 5.78. The van der Waals surface area contributed by atoms with Gasteiger partial charge < -0.3 is 9.64 Å². The lowest BCUT2D eigenvalue weighted by Crippen LogP contribution is -2.36. The molecule has 8 heteroatoms. The molecule has 1 amide bonds. The first kappa shape index (κ1) is 21.8. The number of ether oxygens (including phenoxy) is 1. The van der Waals surface area contributed by atoms with Crippen LogP contribution in [0.15, 0.2) is 57.4 Å². The van der Waals surface area contributed by atoms with Gasteiger partial charge in [-0.3, -0.25) is 14.0 Å². The number of carbonyl (C=O) groups excluding carboxylic acids is 1. The third-order valence-electron chi connectivity index (χ3n) is 5.36.